The van der Waals surface area contributed by atoms with Crippen LogP contribution >= 0.6 is 0 Å². The zero-order valence-electron chi connectivity index (χ0n) is 11.3. The van der Waals surface area contributed by atoms with Gasteiger partial charge in [-0.3, -0.25) is 0 Å². The lowest BCUT2D eigenvalue weighted by molar-refractivity contribution is 0.0690. The number of carboxylic acid groups (broad SMARTS) is 1. The van der Waals surface area contributed by atoms with Crippen LogP contribution in [0.3, 0.4) is 0 Å². The molecule has 0 aliphatic heterocycles. The van der Waals surface area contributed by atoms with Crippen LogP contribution in [-0.4, -0.2) is 27.6 Å². The summed E-state index contributed by atoms with van der Waals surface area (Å²) < 4.78 is 0. The first-order valence-electron chi connectivity index (χ1n) is 6.95. The van der Waals surface area contributed by atoms with Gasteiger partial charge in [0.15, 0.2) is 5.69 Å². The fourth-order valence-electron chi connectivity index (χ4n) is 2.77. The minimum absolute atomic E-state index is 0.0313. The van der Waals surface area contributed by atoms with E-state index in [4.69, 9.17) is 5.11 Å². The van der Waals surface area contributed by atoms with Gasteiger partial charge in [-0.15, -0.1) is 0 Å². The quantitative estimate of drug-likeness (QED) is 0.854. The minimum Gasteiger partial charge on any atom is -0.477 e. The van der Waals surface area contributed by atoms with E-state index in [1.807, 2.05) is 0 Å². The van der Waals surface area contributed by atoms with Gasteiger partial charge in [-0.2, -0.15) is 0 Å². The summed E-state index contributed by atoms with van der Waals surface area (Å²) in [5, 5.41) is 12.0. The number of hydrogen-bond acceptors (Lipinski definition) is 4. The summed E-state index contributed by atoms with van der Waals surface area (Å²) in [7, 11) is 0. The molecule has 0 radical (unpaired) electrons. The van der Waals surface area contributed by atoms with E-state index in [2.05, 4.69) is 22.2 Å². The number of carbonyl (C=O) groups is 1. The van der Waals surface area contributed by atoms with Crippen molar-refractivity contribution in [2.45, 2.75) is 39.0 Å². The third kappa shape index (κ3) is 4.19. The van der Waals surface area contributed by atoms with Crippen molar-refractivity contribution >= 4 is 11.9 Å². The highest BCUT2D eigenvalue weighted by atomic mass is 16.4. The van der Waals surface area contributed by atoms with Gasteiger partial charge in [0, 0.05) is 12.7 Å². The van der Waals surface area contributed by atoms with Gasteiger partial charge in [0.1, 0.15) is 0 Å². The molecule has 19 heavy (non-hydrogen) atoms. The predicted octanol–water partition coefficient (Wildman–Crippen LogP) is 2.80. The summed E-state index contributed by atoms with van der Waals surface area (Å²) in [5.41, 5.74) is 0.0313. The molecule has 1 aliphatic rings. The Kier molecular flexibility index (Phi) is 4.71. The van der Waals surface area contributed by atoms with Crippen molar-refractivity contribution in [2.75, 3.05) is 11.9 Å². The average Bonchev–Trinajstić information content (AvgIpc) is 2.39. The van der Waals surface area contributed by atoms with E-state index in [0.29, 0.717) is 5.95 Å². The zero-order chi connectivity index (χ0) is 13.7. The lowest BCUT2D eigenvalue weighted by atomic mass is 9.81. The molecule has 1 fully saturated rings. The van der Waals surface area contributed by atoms with Gasteiger partial charge in [0.2, 0.25) is 5.95 Å². The SMILES string of the molecule is CC1CCCC(CCNc2nccc(C(=O)O)n2)C1. The van der Waals surface area contributed by atoms with Crippen LogP contribution in [0.2, 0.25) is 0 Å². The average molecular weight is 263 g/mol. The van der Waals surface area contributed by atoms with E-state index in [0.717, 1.165) is 24.8 Å². The lowest BCUT2D eigenvalue weighted by Gasteiger charge is -2.26. The number of nitrogens with zero attached hydrogens (tertiary/aromatic N) is 2. The van der Waals surface area contributed by atoms with Crippen molar-refractivity contribution in [1.29, 1.82) is 0 Å². The predicted molar refractivity (Wildman–Crippen MR) is 73.2 cm³/mol. The molecule has 0 bridgehead atoms. The summed E-state index contributed by atoms with van der Waals surface area (Å²) in [4.78, 5) is 18.8. The first kappa shape index (κ1) is 13.8. The Bertz CT molecular complexity index is 436. The fourth-order valence-corrected chi connectivity index (χ4v) is 2.77. The smallest absolute Gasteiger partial charge is 0.354 e. The van der Waals surface area contributed by atoms with Crippen molar-refractivity contribution < 1.29 is 9.90 Å². The monoisotopic (exact) mass is 263 g/mol. The first-order valence-corrected chi connectivity index (χ1v) is 6.95. The zero-order valence-corrected chi connectivity index (χ0v) is 11.3. The summed E-state index contributed by atoms with van der Waals surface area (Å²) in [6, 6.07) is 1.40. The summed E-state index contributed by atoms with van der Waals surface area (Å²) >= 11 is 0. The number of carboxylic acids is 1. The first-order chi connectivity index (χ1) is 9.15. The molecule has 5 nitrogen and oxygen atoms in total. The van der Waals surface area contributed by atoms with Crippen LogP contribution in [0.25, 0.3) is 0 Å². The number of hydrogen-bond donors (Lipinski definition) is 2. The second-order valence-corrected chi connectivity index (χ2v) is 5.42. The number of aromatic nitrogens is 2. The van der Waals surface area contributed by atoms with E-state index in [-0.39, 0.29) is 5.69 Å². The molecule has 2 rings (SSSR count). The Balaban J connectivity index is 1.79. The molecule has 2 atom stereocenters. The minimum atomic E-state index is -1.02. The van der Waals surface area contributed by atoms with E-state index >= 15 is 0 Å². The van der Waals surface area contributed by atoms with E-state index in [1.54, 1.807) is 0 Å². The van der Waals surface area contributed by atoms with Crippen molar-refractivity contribution in [3.8, 4) is 0 Å². The topological polar surface area (TPSA) is 75.1 Å². The molecule has 1 aromatic heterocycles. The molecule has 1 aliphatic carbocycles. The van der Waals surface area contributed by atoms with Crippen molar-refractivity contribution in [3.05, 3.63) is 18.0 Å². The van der Waals surface area contributed by atoms with E-state index < -0.39 is 5.97 Å². The summed E-state index contributed by atoms with van der Waals surface area (Å²) in [6.07, 6.45) is 7.87. The second kappa shape index (κ2) is 6.50. The highest BCUT2D eigenvalue weighted by molar-refractivity contribution is 5.85. The third-order valence-electron chi connectivity index (χ3n) is 3.76. The highest BCUT2D eigenvalue weighted by Gasteiger charge is 2.18. The maximum Gasteiger partial charge on any atom is 0.354 e. The molecule has 1 heterocycles. The second-order valence-electron chi connectivity index (χ2n) is 5.42. The summed E-state index contributed by atoms with van der Waals surface area (Å²) in [5.74, 6) is 1.000. The molecule has 5 heteroatoms. The van der Waals surface area contributed by atoms with Crippen LogP contribution in [0.1, 0.15) is 49.5 Å². The molecular weight excluding hydrogens is 242 g/mol. The van der Waals surface area contributed by atoms with Gasteiger partial charge in [-0.25, -0.2) is 14.8 Å². The van der Waals surface area contributed by atoms with E-state index in [9.17, 15) is 4.79 Å². The third-order valence-corrected chi connectivity index (χ3v) is 3.76. The van der Waals surface area contributed by atoms with Crippen LogP contribution in [0.4, 0.5) is 5.95 Å². The number of aromatic carboxylic acids is 1. The van der Waals surface area contributed by atoms with Crippen LogP contribution in [0.5, 0.6) is 0 Å². The molecule has 2 N–H and O–H groups in total. The van der Waals surface area contributed by atoms with Gasteiger partial charge in [0.25, 0.3) is 0 Å². The molecule has 0 amide bonds. The van der Waals surface area contributed by atoms with Crippen LogP contribution in [0, 0.1) is 11.8 Å². The van der Waals surface area contributed by atoms with Crippen LogP contribution in [0.15, 0.2) is 12.3 Å². The molecule has 0 saturated heterocycles. The van der Waals surface area contributed by atoms with Crippen LogP contribution < -0.4 is 5.32 Å². The Hall–Kier alpha value is -1.65. The number of anilines is 1. The van der Waals surface area contributed by atoms with Gasteiger partial charge in [-0.1, -0.05) is 26.2 Å². The van der Waals surface area contributed by atoms with Gasteiger partial charge >= 0.3 is 5.97 Å². The molecule has 1 aromatic rings. The molecule has 0 aromatic carbocycles. The largest absolute Gasteiger partial charge is 0.477 e. The van der Waals surface area contributed by atoms with Crippen LogP contribution in [-0.2, 0) is 0 Å². The van der Waals surface area contributed by atoms with Crippen molar-refractivity contribution in [2.24, 2.45) is 11.8 Å². The number of nitrogens with one attached hydrogen (secondary N) is 1. The summed E-state index contributed by atoms with van der Waals surface area (Å²) in [6.45, 7) is 3.12. The highest BCUT2D eigenvalue weighted by Crippen LogP contribution is 2.30. The van der Waals surface area contributed by atoms with Crippen molar-refractivity contribution in [3.63, 3.8) is 0 Å². The Morgan fingerprint density at radius 1 is 1.53 bits per heavy atom. The fraction of sp³-hybridized carbons (Fsp3) is 0.643. The normalized spacial score (nSPS) is 23.0. The molecule has 1 saturated carbocycles. The maximum absolute atomic E-state index is 10.8. The molecule has 104 valence electrons. The van der Waals surface area contributed by atoms with Gasteiger partial charge < -0.3 is 10.4 Å². The van der Waals surface area contributed by atoms with E-state index in [1.165, 1.54) is 37.9 Å². The van der Waals surface area contributed by atoms with Crippen molar-refractivity contribution in [1.82, 2.24) is 9.97 Å². The van der Waals surface area contributed by atoms with Gasteiger partial charge in [0.05, 0.1) is 0 Å². The molecule has 2 unspecified atom stereocenters. The van der Waals surface area contributed by atoms with Gasteiger partial charge in [-0.05, 0) is 30.7 Å². The Morgan fingerprint density at radius 2 is 2.37 bits per heavy atom. The number of rotatable bonds is 5. The molecule has 0 spiro atoms. The Labute approximate surface area is 113 Å². The lowest BCUT2D eigenvalue weighted by Crippen LogP contribution is -2.17. The Morgan fingerprint density at radius 3 is 3.11 bits per heavy atom. The standard InChI is InChI=1S/C14H21N3O2/c1-10-3-2-4-11(9-10)5-7-15-14-16-8-6-12(17-14)13(18)19/h6,8,10-11H,2-5,7,9H2,1H3,(H,18,19)(H,15,16,17). The molecular formula is C14H21N3O2. The maximum atomic E-state index is 10.8.